The number of non-ortho nitro benzene ring substituents is 1. The number of ether oxygens (including phenoxy) is 2. The first kappa shape index (κ1) is 21.3. The summed E-state index contributed by atoms with van der Waals surface area (Å²) >= 11 is 1.44. The monoisotopic (exact) mass is 427 g/mol. The molecule has 1 amide bonds. The number of methoxy groups -OCH3 is 2. The molecule has 3 rings (SSSR count). The topological polar surface area (TPSA) is 104 Å². The van der Waals surface area contributed by atoms with Gasteiger partial charge in [-0.05, 0) is 30.7 Å². The van der Waals surface area contributed by atoms with Crippen molar-refractivity contribution in [3.05, 3.63) is 69.2 Å². The molecule has 1 aromatic heterocycles. The molecule has 156 valence electrons. The largest absolute Gasteiger partial charge is 0.493 e. The number of carbonyl (C=O) groups excluding carboxylic acids is 1. The van der Waals surface area contributed by atoms with E-state index in [0.717, 1.165) is 10.6 Å². The molecule has 0 saturated carbocycles. The fraction of sp³-hybridized carbons (Fsp3) is 0.238. The van der Waals surface area contributed by atoms with Gasteiger partial charge in [0.15, 0.2) is 11.5 Å². The number of nitro groups is 1. The fourth-order valence-electron chi connectivity index (χ4n) is 2.94. The summed E-state index contributed by atoms with van der Waals surface area (Å²) in [5.41, 5.74) is 2.18. The van der Waals surface area contributed by atoms with Crippen molar-refractivity contribution in [1.82, 2.24) is 10.3 Å². The van der Waals surface area contributed by atoms with Crippen LogP contribution in [0.25, 0.3) is 10.6 Å². The average molecular weight is 427 g/mol. The van der Waals surface area contributed by atoms with Gasteiger partial charge >= 0.3 is 0 Å². The minimum Gasteiger partial charge on any atom is -0.493 e. The molecule has 1 heterocycles. The standard InChI is InChI=1S/C21H21N3O5S/c1-13(14-5-4-6-17(9-14)24(26)27)22-20(25)11-16-12-30-21(23-16)15-7-8-18(28-2)19(10-15)29-3/h4-10,12-13H,11H2,1-3H3,(H,22,25). The van der Waals surface area contributed by atoms with Gasteiger partial charge in [-0.2, -0.15) is 0 Å². The number of hydrogen-bond acceptors (Lipinski definition) is 7. The van der Waals surface area contributed by atoms with E-state index in [-0.39, 0.29) is 24.1 Å². The summed E-state index contributed by atoms with van der Waals surface area (Å²) in [7, 11) is 3.15. The summed E-state index contributed by atoms with van der Waals surface area (Å²) in [6.07, 6.45) is 0.114. The molecule has 0 saturated heterocycles. The molecule has 0 spiro atoms. The molecule has 1 atom stereocenters. The Bertz CT molecular complexity index is 1070. The molecule has 0 bridgehead atoms. The van der Waals surface area contributed by atoms with Crippen molar-refractivity contribution < 1.29 is 19.2 Å². The second kappa shape index (κ2) is 9.36. The molecule has 0 aliphatic heterocycles. The number of benzene rings is 2. The first-order valence-corrected chi connectivity index (χ1v) is 9.99. The molecule has 8 nitrogen and oxygen atoms in total. The van der Waals surface area contributed by atoms with Crippen molar-refractivity contribution >= 4 is 22.9 Å². The second-order valence-corrected chi connectivity index (χ2v) is 7.39. The lowest BCUT2D eigenvalue weighted by Gasteiger charge is -2.13. The van der Waals surface area contributed by atoms with Crippen LogP contribution in [0.5, 0.6) is 11.5 Å². The summed E-state index contributed by atoms with van der Waals surface area (Å²) in [6.45, 7) is 1.78. The third-order valence-electron chi connectivity index (χ3n) is 4.48. The van der Waals surface area contributed by atoms with E-state index in [1.807, 2.05) is 23.6 Å². The fourth-order valence-corrected chi connectivity index (χ4v) is 3.75. The van der Waals surface area contributed by atoms with Crippen molar-refractivity contribution in [3.8, 4) is 22.1 Å². The van der Waals surface area contributed by atoms with Crippen LogP contribution in [0.15, 0.2) is 47.8 Å². The van der Waals surface area contributed by atoms with Crippen LogP contribution in [0.1, 0.15) is 24.2 Å². The van der Waals surface area contributed by atoms with Crippen LogP contribution in [0.3, 0.4) is 0 Å². The molecule has 1 unspecified atom stereocenters. The number of amides is 1. The summed E-state index contributed by atoms with van der Waals surface area (Å²) in [6, 6.07) is 11.4. The predicted octanol–water partition coefficient (Wildman–Crippen LogP) is 4.16. The molecule has 0 aliphatic carbocycles. The van der Waals surface area contributed by atoms with Crippen LogP contribution in [0.2, 0.25) is 0 Å². The van der Waals surface area contributed by atoms with Gasteiger partial charge in [0.1, 0.15) is 5.01 Å². The first-order chi connectivity index (χ1) is 14.4. The third kappa shape index (κ3) is 4.93. The van der Waals surface area contributed by atoms with Crippen molar-refractivity contribution in [2.45, 2.75) is 19.4 Å². The highest BCUT2D eigenvalue weighted by Gasteiger charge is 2.15. The molecule has 0 fully saturated rings. The van der Waals surface area contributed by atoms with Crippen LogP contribution >= 0.6 is 11.3 Å². The zero-order valence-electron chi connectivity index (χ0n) is 16.7. The van der Waals surface area contributed by atoms with E-state index in [9.17, 15) is 14.9 Å². The van der Waals surface area contributed by atoms with Gasteiger partial charge in [0.05, 0.1) is 37.3 Å². The van der Waals surface area contributed by atoms with Crippen LogP contribution in [-0.2, 0) is 11.2 Å². The average Bonchev–Trinajstić information content (AvgIpc) is 3.21. The van der Waals surface area contributed by atoms with Crippen molar-refractivity contribution in [1.29, 1.82) is 0 Å². The number of hydrogen-bond donors (Lipinski definition) is 1. The Morgan fingerprint density at radius 1 is 1.20 bits per heavy atom. The molecule has 0 aliphatic rings. The smallest absolute Gasteiger partial charge is 0.269 e. The van der Waals surface area contributed by atoms with E-state index in [0.29, 0.717) is 22.8 Å². The number of aromatic nitrogens is 1. The van der Waals surface area contributed by atoms with Gasteiger partial charge in [-0.1, -0.05) is 12.1 Å². The molecule has 2 aromatic carbocycles. The SMILES string of the molecule is COc1ccc(-c2nc(CC(=O)NC(C)c3cccc([N+](=O)[O-])c3)cs2)cc1OC. The Morgan fingerprint density at radius 2 is 1.97 bits per heavy atom. The van der Waals surface area contributed by atoms with E-state index in [1.54, 1.807) is 33.3 Å². The van der Waals surface area contributed by atoms with Crippen molar-refractivity contribution in [2.24, 2.45) is 0 Å². The van der Waals surface area contributed by atoms with E-state index in [4.69, 9.17) is 9.47 Å². The van der Waals surface area contributed by atoms with Gasteiger partial charge < -0.3 is 14.8 Å². The Morgan fingerprint density at radius 3 is 2.67 bits per heavy atom. The number of nitro benzene ring substituents is 1. The minimum atomic E-state index is -0.455. The molecule has 1 N–H and O–H groups in total. The van der Waals surface area contributed by atoms with Crippen LogP contribution < -0.4 is 14.8 Å². The minimum absolute atomic E-state index is 0.00679. The lowest BCUT2D eigenvalue weighted by molar-refractivity contribution is -0.384. The van der Waals surface area contributed by atoms with Crippen LogP contribution in [0.4, 0.5) is 5.69 Å². The lowest BCUT2D eigenvalue weighted by atomic mass is 10.1. The maximum atomic E-state index is 12.4. The van der Waals surface area contributed by atoms with E-state index < -0.39 is 4.92 Å². The van der Waals surface area contributed by atoms with Crippen LogP contribution in [-0.4, -0.2) is 30.0 Å². The Labute approximate surface area is 177 Å². The molecular weight excluding hydrogens is 406 g/mol. The van der Waals surface area contributed by atoms with Gasteiger partial charge in [-0.3, -0.25) is 14.9 Å². The van der Waals surface area contributed by atoms with E-state index >= 15 is 0 Å². The highest BCUT2D eigenvalue weighted by Crippen LogP contribution is 2.33. The van der Waals surface area contributed by atoms with Crippen molar-refractivity contribution in [3.63, 3.8) is 0 Å². The summed E-state index contributed by atoms with van der Waals surface area (Å²) in [5.74, 6) is 1.03. The maximum Gasteiger partial charge on any atom is 0.269 e. The maximum absolute atomic E-state index is 12.4. The van der Waals surface area contributed by atoms with Crippen molar-refractivity contribution in [2.75, 3.05) is 14.2 Å². The summed E-state index contributed by atoms with van der Waals surface area (Å²) in [5, 5.41) is 16.4. The van der Waals surface area contributed by atoms with Crippen LogP contribution in [0, 0.1) is 10.1 Å². The first-order valence-electron chi connectivity index (χ1n) is 9.11. The van der Waals surface area contributed by atoms with E-state index in [1.165, 1.54) is 23.5 Å². The lowest BCUT2D eigenvalue weighted by Crippen LogP contribution is -2.28. The summed E-state index contributed by atoms with van der Waals surface area (Å²) in [4.78, 5) is 27.4. The number of nitrogens with one attached hydrogen (secondary N) is 1. The van der Waals surface area contributed by atoms with Gasteiger partial charge in [0.25, 0.3) is 5.69 Å². The molecule has 3 aromatic rings. The molecular formula is C21H21N3O5S. The van der Waals surface area contributed by atoms with Gasteiger partial charge in [0.2, 0.25) is 5.91 Å². The number of nitrogens with zero attached hydrogens (tertiary/aromatic N) is 2. The zero-order valence-corrected chi connectivity index (χ0v) is 17.6. The number of thiazole rings is 1. The molecule has 0 radical (unpaired) electrons. The Hall–Kier alpha value is -3.46. The highest BCUT2D eigenvalue weighted by atomic mass is 32.1. The van der Waals surface area contributed by atoms with Gasteiger partial charge in [0, 0.05) is 23.1 Å². The summed E-state index contributed by atoms with van der Waals surface area (Å²) < 4.78 is 10.6. The third-order valence-corrected chi connectivity index (χ3v) is 5.42. The highest BCUT2D eigenvalue weighted by molar-refractivity contribution is 7.13. The molecule has 9 heteroatoms. The Kier molecular flexibility index (Phi) is 6.63. The van der Waals surface area contributed by atoms with Gasteiger partial charge in [-0.25, -0.2) is 4.98 Å². The van der Waals surface area contributed by atoms with Gasteiger partial charge in [-0.15, -0.1) is 11.3 Å². The number of carbonyl (C=O) groups is 1. The second-order valence-electron chi connectivity index (χ2n) is 6.53. The normalized spacial score (nSPS) is 11.6. The number of rotatable bonds is 8. The molecule has 30 heavy (non-hydrogen) atoms. The van der Waals surface area contributed by atoms with E-state index in [2.05, 4.69) is 10.3 Å². The zero-order chi connectivity index (χ0) is 21.7. The predicted molar refractivity (Wildman–Crippen MR) is 114 cm³/mol. The Balaban J connectivity index is 1.66. The quantitative estimate of drug-likeness (QED) is 0.428.